The number of rotatable bonds is 10. The fraction of sp³-hybridized carbons (Fsp3) is 0.290. The Balaban J connectivity index is 1.55. The van der Waals surface area contributed by atoms with Crippen molar-refractivity contribution in [2.75, 3.05) is 41.1 Å². The number of hydrogen-bond acceptors (Lipinski definition) is 9. The number of carbonyl (C=O) groups is 2. The summed E-state index contributed by atoms with van der Waals surface area (Å²) in [6.45, 7) is 2.68. The number of hydrogen-bond donors (Lipinski definition) is 1. The number of methoxy groups -OCH3 is 1. The fourth-order valence-corrected chi connectivity index (χ4v) is 6.13. The van der Waals surface area contributed by atoms with Crippen LogP contribution < -0.4 is 18.9 Å². The van der Waals surface area contributed by atoms with Gasteiger partial charge >= 0.3 is 5.97 Å². The molecule has 1 atom stereocenters. The van der Waals surface area contributed by atoms with E-state index < -0.39 is 27.8 Å². The van der Waals surface area contributed by atoms with Crippen LogP contribution in [0.15, 0.2) is 65.7 Å². The molecule has 0 bridgehead atoms. The lowest BCUT2D eigenvalue weighted by Gasteiger charge is -2.19. The highest BCUT2D eigenvalue weighted by atomic mass is 32.2. The predicted molar refractivity (Wildman–Crippen MR) is 159 cm³/mol. The van der Waals surface area contributed by atoms with Crippen molar-refractivity contribution in [3.05, 3.63) is 83.0 Å². The maximum absolute atomic E-state index is 14.0. The Bertz CT molecular complexity index is 1810. The summed E-state index contributed by atoms with van der Waals surface area (Å²) in [5, 5.41) is 0.662. The molecule has 0 aliphatic carbocycles. The second kappa shape index (κ2) is 12.0. The lowest BCUT2D eigenvalue weighted by atomic mass is 9.90. The minimum absolute atomic E-state index is 0.0406. The molecule has 0 saturated heterocycles. The smallest absolute Gasteiger partial charge is 0.338 e. The van der Waals surface area contributed by atoms with E-state index in [9.17, 15) is 18.0 Å². The van der Waals surface area contributed by atoms with Crippen molar-refractivity contribution in [1.29, 1.82) is 0 Å². The predicted octanol–water partition coefficient (Wildman–Crippen LogP) is 3.58. The molecular weight excluding hydrogens is 574 g/mol. The second-order valence-corrected chi connectivity index (χ2v) is 12.2. The first-order valence-corrected chi connectivity index (χ1v) is 15.0. The summed E-state index contributed by atoms with van der Waals surface area (Å²) < 4.78 is 52.7. The monoisotopic (exact) mass is 607 g/mol. The molecule has 12 heteroatoms. The molecule has 11 nitrogen and oxygen atoms in total. The van der Waals surface area contributed by atoms with Crippen LogP contribution in [-0.2, 0) is 26.6 Å². The highest BCUT2D eigenvalue weighted by Crippen LogP contribution is 2.39. The van der Waals surface area contributed by atoms with E-state index in [1.165, 1.54) is 13.2 Å². The van der Waals surface area contributed by atoms with E-state index in [0.717, 1.165) is 5.56 Å². The van der Waals surface area contributed by atoms with Crippen LogP contribution in [0.5, 0.6) is 17.2 Å². The van der Waals surface area contributed by atoms with Crippen molar-refractivity contribution in [2.45, 2.75) is 17.7 Å². The zero-order valence-electron chi connectivity index (χ0n) is 24.5. The fourth-order valence-electron chi connectivity index (χ4n) is 4.98. The van der Waals surface area contributed by atoms with Crippen LogP contribution in [0, 0.1) is 6.92 Å². The van der Waals surface area contributed by atoms with Crippen LogP contribution in [0.25, 0.3) is 10.9 Å². The Kier molecular flexibility index (Phi) is 8.34. The number of esters is 1. The Morgan fingerprint density at radius 2 is 1.81 bits per heavy atom. The number of likely N-dealkylation sites (N-methyl/N-ethyl adjacent to an activating group) is 1. The number of nitrogens with one attached hydrogen (secondary N) is 1. The zero-order valence-corrected chi connectivity index (χ0v) is 25.4. The maximum atomic E-state index is 14.0. The van der Waals surface area contributed by atoms with Crippen LogP contribution in [0.4, 0.5) is 0 Å². The molecule has 0 saturated carbocycles. The lowest BCUT2D eigenvalue weighted by Crippen LogP contribution is -2.35. The molecule has 1 unspecified atom stereocenters. The van der Waals surface area contributed by atoms with Gasteiger partial charge in [0, 0.05) is 30.7 Å². The molecule has 1 aromatic heterocycles. The molecule has 1 aliphatic heterocycles. The number of benzene rings is 3. The topological polar surface area (TPSA) is 125 Å². The average molecular weight is 608 g/mol. The van der Waals surface area contributed by atoms with Crippen LogP contribution in [0.2, 0.25) is 0 Å². The summed E-state index contributed by atoms with van der Waals surface area (Å²) in [6, 6.07) is 14.7. The molecule has 1 aliphatic rings. The number of carbonyl (C=O) groups excluding carboxylic acids is 2. The third-order valence-corrected chi connectivity index (χ3v) is 8.56. The maximum Gasteiger partial charge on any atom is 0.338 e. The molecule has 43 heavy (non-hydrogen) atoms. The first kappa shape index (κ1) is 29.9. The SMILES string of the molecule is COc1cc(C)ccc1S(=O)(=O)NC(=O)C(c1ccc2c(c1)OCO2)c1cn(C)c2cc(C(=O)OCCN(C)C)ccc12. The van der Waals surface area contributed by atoms with Gasteiger partial charge in [-0.15, -0.1) is 0 Å². The van der Waals surface area contributed by atoms with Gasteiger partial charge in [0.2, 0.25) is 12.7 Å². The molecule has 0 fully saturated rings. The van der Waals surface area contributed by atoms with Crippen LogP contribution in [0.1, 0.15) is 33.0 Å². The van der Waals surface area contributed by atoms with Crippen LogP contribution in [0.3, 0.4) is 0 Å². The van der Waals surface area contributed by atoms with Crippen LogP contribution >= 0.6 is 0 Å². The average Bonchev–Trinajstić information content (AvgIpc) is 3.56. The number of ether oxygens (including phenoxy) is 4. The van der Waals surface area contributed by atoms with E-state index in [1.807, 2.05) is 25.9 Å². The molecule has 5 rings (SSSR count). The number of fused-ring (bicyclic) bond motifs is 2. The third kappa shape index (κ3) is 6.15. The Morgan fingerprint density at radius 1 is 1.05 bits per heavy atom. The van der Waals surface area contributed by atoms with Crippen molar-refractivity contribution in [3.8, 4) is 17.2 Å². The molecule has 4 aromatic rings. The van der Waals surface area contributed by atoms with Crippen molar-refractivity contribution in [1.82, 2.24) is 14.2 Å². The Hall–Kier alpha value is -4.55. The molecule has 0 radical (unpaired) electrons. The van der Waals surface area contributed by atoms with E-state index in [4.69, 9.17) is 18.9 Å². The van der Waals surface area contributed by atoms with Crippen molar-refractivity contribution >= 4 is 32.8 Å². The molecule has 2 heterocycles. The molecule has 0 spiro atoms. The second-order valence-electron chi connectivity index (χ2n) is 10.5. The van der Waals surface area contributed by atoms with Gasteiger partial charge < -0.3 is 28.4 Å². The Morgan fingerprint density at radius 3 is 2.56 bits per heavy atom. The van der Waals surface area contributed by atoms with E-state index in [1.54, 1.807) is 66.3 Å². The van der Waals surface area contributed by atoms with E-state index in [2.05, 4.69) is 4.72 Å². The normalized spacial score (nSPS) is 13.3. The minimum atomic E-state index is -4.32. The zero-order chi connectivity index (χ0) is 30.9. The van der Waals surface area contributed by atoms with Crippen molar-refractivity contribution < 1.29 is 37.0 Å². The van der Waals surface area contributed by atoms with E-state index >= 15 is 0 Å². The van der Waals surface area contributed by atoms with Gasteiger partial charge in [-0.05, 0) is 74.1 Å². The molecule has 1 amide bonds. The Labute approximate surface area is 250 Å². The van der Waals surface area contributed by atoms with E-state index in [-0.39, 0.29) is 24.0 Å². The molecule has 3 aromatic carbocycles. The van der Waals surface area contributed by atoms with Crippen molar-refractivity contribution in [3.63, 3.8) is 0 Å². The first-order valence-electron chi connectivity index (χ1n) is 13.5. The molecule has 1 N–H and O–H groups in total. The molecule has 226 valence electrons. The highest BCUT2D eigenvalue weighted by molar-refractivity contribution is 7.90. The summed E-state index contributed by atoms with van der Waals surface area (Å²) in [5.41, 5.74) is 2.85. The quantitative estimate of drug-likeness (QED) is 0.269. The number of aryl methyl sites for hydroxylation is 2. The number of aromatic nitrogens is 1. The highest BCUT2D eigenvalue weighted by Gasteiger charge is 2.32. The van der Waals surface area contributed by atoms with Gasteiger partial charge in [0.25, 0.3) is 10.0 Å². The number of nitrogens with zero attached hydrogens (tertiary/aromatic N) is 2. The summed E-state index contributed by atoms with van der Waals surface area (Å²) in [6.07, 6.45) is 1.75. The number of sulfonamides is 1. The third-order valence-electron chi connectivity index (χ3n) is 7.18. The van der Waals surface area contributed by atoms with Gasteiger partial charge in [0.15, 0.2) is 11.5 Å². The summed E-state index contributed by atoms with van der Waals surface area (Å²) in [7, 11) is 2.61. The standard InChI is InChI=1S/C31H33N3O8S/c1-19-6-11-28(27(14-19)39-5)43(37,38)32-30(35)29(20-8-10-25-26(16-20)42-18-41-25)23-17-34(4)24-15-21(7-9-22(23)24)31(36)40-13-12-33(2)3/h6-11,14-17,29H,12-13,18H2,1-5H3,(H,32,35). The van der Waals surface area contributed by atoms with Gasteiger partial charge in [0.1, 0.15) is 17.3 Å². The summed E-state index contributed by atoms with van der Waals surface area (Å²) in [4.78, 5) is 28.5. The van der Waals surface area contributed by atoms with E-state index in [0.29, 0.717) is 45.6 Å². The summed E-state index contributed by atoms with van der Waals surface area (Å²) >= 11 is 0. The largest absolute Gasteiger partial charge is 0.495 e. The first-order chi connectivity index (χ1) is 20.5. The van der Waals surface area contributed by atoms with Gasteiger partial charge in [-0.25, -0.2) is 17.9 Å². The van der Waals surface area contributed by atoms with Gasteiger partial charge in [-0.2, -0.15) is 0 Å². The van der Waals surface area contributed by atoms with Gasteiger partial charge in [-0.3, -0.25) is 4.79 Å². The molecular formula is C31H33N3O8S. The number of amides is 1. The lowest BCUT2D eigenvalue weighted by molar-refractivity contribution is -0.119. The summed E-state index contributed by atoms with van der Waals surface area (Å²) in [5.74, 6) is -1.22. The van der Waals surface area contributed by atoms with Gasteiger partial charge in [0.05, 0.1) is 18.6 Å². The van der Waals surface area contributed by atoms with Gasteiger partial charge in [-0.1, -0.05) is 18.2 Å². The van der Waals surface area contributed by atoms with Crippen molar-refractivity contribution in [2.24, 2.45) is 7.05 Å². The minimum Gasteiger partial charge on any atom is -0.495 e. The van der Waals surface area contributed by atoms with Crippen LogP contribution in [-0.4, -0.2) is 70.9 Å².